The lowest BCUT2D eigenvalue weighted by Crippen LogP contribution is -2.32. The van der Waals surface area contributed by atoms with E-state index in [0.717, 1.165) is 15.8 Å². The van der Waals surface area contributed by atoms with Crippen molar-refractivity contribution < 1.29 is 19.4 Å². The van der Waals surface area contributed by atoms with Crippen molar-refractivity contribution in [3.05, 3.63) is 69.5 Å². The van der Waals surface area contributed by atoms with Crippen molar-refractivity contribution in [1.29, 1.82) is 0 Å². The first-order chi connectivity index (χ1) is 14.3. The van der Waals surface area contributed by atoms with E-state index in [2.05, 4.69) is 10.4 Å². The van der Waals surface area contributed by atoms with E-state index in [1.54, 1.807) is 24.3 Å². The number of H-pyrrole nitrogens is 1. The second-order valence-electron chi connectivity index (χ2n) is 6.95. The van der Waals surface area contributed by atoms with Gasteiger partial charge in [0, 0.05) is 5.69 Å². The summed E-state index contributed by atoms with van der Waals surface area (Å²) in [5.74, 6) is -0.0960. The number of rotatable bonds is 7. The smallest absolute Gasteiger partial charge is 0.279 e. The minimum atomic E-state index is -0.686. The van der Waals surface area contributed by atoms with Crippen molar-refractivity contribution >= 4 is 17.9 Å². The minimum Gasteiger partial charge on any atom is -0.493 e. The molecule has 8 heteroatoms. The third-order valence-electron chi connectivity index (χ3n) is 4.68. The van der Waals surface area contributed by atoms with Crippen LogP contribution in [0.25, 0.3) is 5.69 Å². The second kappa shape index (κ2) is 8.69. The van der Waals surface area contributed by atoms with Gasteiger partial charge in [-0.2, -0.15) is 0 Å². The minimum absolute atomic E-state index is 0.286. The highest BCUT2D eigenvalue weighted by atomic mass is 16.5. The third-order valence-corrected chi connectivity index (χ3v) is 4.68. The molecule has 3 aromatic rings. The van der Waals surface area contributed by atoms with Gasteiger partial charge in [0.2, 0.25) is 5.88 Å². The molecule has 0 aliphatic rings. The number of aldehydes is 1. The van der Waals surface area contributed by atoms with Gasteiger partial charge < -0.3 is 15.2 Å². The van der Waals surface area contributed by atoms with Crippen LogP contribution >= 0.6 is 0 Å². The Balaban J connectivity index is 1.73. The molecule has 0 saturated heterocycles. The van der Waals surface area contributed by atoms with E-state index in [0.29, 0.717) is 29.8 Å². The molecule has 1 unspecified atom stereocenters. The van der Waals surface area contributed by atoms with Gasteiger partial charge in [-0.25, -0.2) is 4.68 Å². The average molecular weight is 409 g/mol. The number of aromatic hydroxyl groups is 1. The maximum Gasteiger partial charge on any atom is 0.279 e. The molecule has 0 radical (unpaired) electrons. The lowest BCUT2D eigenvalue weighted by atomic mass is 10.1. The van der Waals surface area contributed by atoms with E-state index in [4.69, 9.17) is 4.74 Å². The third kappa shape index (κ3) is 4.27. The average Bonchev–Trinajstić information content (AvgIpc) is 3.01. The number of aryl methyl sites for hydroxylation is 2. The molecule has 3 N–H and O–H groups in total. The highest BCUT2D eigenvalue weighted by Gasteiger charge is 2.20. The zero-order valence-corrected chi connectivity index (χ0v) is 16.9. The Morgan fingerprint density at radius 3 is 2.50 bits per heavy atom. The highest BCUT2D eigenvalue weighted by molar-refractivity contribution is 5.94. The van der Waals surface area contributed by atoms with Gasteiger partial charge in [0.1, 0.15) is 11.3 Å². The van der Waals surface area contributed by atoms with Gasteiger partial charge in [0.15, 0.2) is 12.4 Å². The summed E-state index contributed by atoms with van der Waals surface area (Å²) in [7, 11) is 0. The van der Waals surface area contributed by atoms with Crippen molar-refractivity contribution in [2.75, 3.05) is 5.32 Å². The first-order valence-corrected chi connectivity index (χ1v) is 9.48. The van der Waals surface area contributed by atoms with Crippen molar-refractivity contribution in [2.45, 2.75) is 33.3 Å². The van der Waals surface area contributed by atoms with Crippen LogP contribution in [-0.2, 0) is 4.79 Å². The molecule has 0 saturated carbocycles. The first kappa shape index (κ1) is 20.9. The lowest BCUT2D eigenvalue weighted by Gasteiger charge is -2.19. The predicted octanol–water partition coefficient (Wildman–Crippen LogP) is 3.10. The number of nitrogens with zero attached hydrogens (tertiary/aromatic N) is 1. The van der Waals surface area contributed by atoms with Gasteiger partial charge in [0.25, 0.3) is 11.5 Å². The number of hydrogen-bond acceptors (Lipinski definition) is 5. The van der Waals surface area contributed by atoms with Crippen LogP contribution in [0.15, 0.2) is 47.3 Å². The first-order valence-electron chi connectivity index (χ1n) is 9.48. The fourth-order valence-corrected chi connectivity index (χ4v) is 3.05. The van der Waals surface area contributed by atoms with E-state index in [-0.39, 0.29) is 11.5 Å². The standard InChI is InChI=1S/C22H23N3O5/c1-4-18(30-19-10-5-13(2)11-14(19)3)21(28)23-15-6-8-16(9-7-15)25-22(29)17(12-26)20(27)24-25/h5-12,18,29H,4H2,1-3H3,(H,23,28)(H,24,27). The Morgan fingerprint density at radius 1 is 1.23 bits per heavy atom. The quantitative estimate of drug-likeness (QED) is 0.519. The van der Waals surface area contributed by atoms with Gasteiger partial charge in [-0.15, -0.1) is 0 Å². The number of amides is 1. The topological polar surface area (TPSA) is 113 Å². The summed E-state index contributed by atoms with van der Waals surface area (Å²) in [5.41, 5.74) is 2.00. The number of carbonyl (C=O) groups excluding carboxylic acids is 2. The molecule has 1 amide bonds. The Kier molecular flexibility index (Phi) is 6.06. The van der Waals surface area contributed by atoms with Crippen LogP contribution in [0.5, 0.6) is 11.6 Å². The number of nitrogens with one attached hydrogen (secondary N) is 2. The van der Waals surface area contributed by atoms with Crippen LogP contribution in [0.2, 0.25) is 0 Å². The predicted molar refractivity (Wildman–Crippen MR) is 113 cm³/mol. The van der Waals surface area contributed by atoms with Crippen molar-refractivity contribution in [3.63, 3.8) is 0 Å². The summed E-state index contributed by atoms with van der Waals surface area (Å²) in [4.78, 5) is 35.2. The van der Waals surface area contributed by atoms with E-state index >= 15 is 0 Å². The molecular formula is C22H23N3O5. The largest absolute Gasteiger partial charge is 0.493 e. The van der Waals surface area contributed by atoms with Crippen LogP contribution in [-0.4, -0.2) is 33.2 Å². The fraction of sp³-hybridized carbons (Fsp3) is 0.227. The molecule has 1 atom stereocenters. The van der Waals surface area contributed by atoms with E-state index in [9.17, 15) is 19.5 Å². The van der Waals surface area contributed by atoms with Crippen LogP contribution in [0.1, 0.15) is 34.8 Å². The summed E-state index contributed by atoms with van der Waals surface area (Å²) in [6.07, 6.45) is 0.121. The number of aromatic amines is 1. The number of carbonyl (C=O) groups is 2. The molecule has 156 valence electrons. The van der Waals surface area contributed by atoms with Crippen LogP contribution in [0.4, 0.5) is 5.69 Å². The van der Waals surface area contributed by atoms with Gasteiger partial charge in [-0.05, 0) is 56.2 Å². The normalized spacial score (nSPS) is 11.7. The summed E-state index contributed by atoms with van der Waals surface area (Å²) in [6, 6.07) is 12.2. The monoisotopic (exact) mass is 409 g/mol. The Labute approximate surface area is 173 Å². The van der Waals surface area contributed by atoms with Gasteiger partial charge in [0.05, 0.1) is 5.69 Å². The van der Waals surface area contributed by atoms with Crippen molar-refractivity contribution in [3.8, 4) is 17.3 Å². The number of ether oxygens (including phenoxy) is 1. The molecule has 0 aliphatic heterocycles. The molecule has 0 aliphatic carbocycles. The number of aromatic nitrogens is 2. The number of hydrogen-bond donors (Lipinski definition) is 3. The Bertz CT molecular complexity index is 1130. The van der Waals surface area contributed by atoms with Crippen molar-refractivity contribution in [2.24, 2.45) is 0 Å². The summed E-state index contributed by atoms with van der Waals surface area (Å²) >= 11 is 0. The maximum absolute atomic E-state index is 12.7. The molecule has 3 rings (SSSR count). The van der Waals surface area contributed by atoms with Crippen molar-refractivity contribution in [1.82, 2.24) is 9.78 Å². The zero-order chi connectivity index (χ0) is 21.8. The molecule has 1 aromatic heterocycles. The van der Waals surface area contributed by atoms with Crippen LogP contribution < -0.4 is 15.6 Å². The van der Waals surface area contributed by atoms with E-state index in [1.165, 1.54) is 0 Å². The highest BCUT2D eigenvalue weighted by Crippen LogP contribution is 2.22. The van der Waals surface area contributed by atoms with Crippen LogP contribution in [0.3, 0.4) is 0 Å². The second-order valence-corrected chi connectivity index (χ2v) is 6.95. The molecule has 0 spiro atoms. The van der Waals surface area contributed by atoms with E-state index in [1.807, 2.05) is 39.0 Å². The molecule has 0 bridgehead atoms. The maximum atomic E-state index is 12.7. The Morgan fingerprint density at radius 2 is 1.93 bits per heavy atom. The summed E-state index contributed by atoms with van der Waals surface area (Å²) in [6.45, 7) is 5.79. The lowest BCUT2D eigenvalue weighted by molar-refractivity contribution is -0.122. The van der Waals surface area contributed by atoms with E-state index < -0.39 is 17.5 Å². The summed E-state index contributed by atoms with van der Waals surface area (Å²) in [5, 5.41) is 15.2. The number of anilines is 1. The molecular weight excluding hydrogens is 386 g/mol. The Hall–Kier alpha value is -3.81. The van der Waals surface area contributed by atoms with Gasteiger partial charge in [-0.1, -0.05) is 24.6 Å². The molecule has 8 nitrogen and oxygen atoms in total. The number of benzene rings is 2. The van der Waals surface area contributed by atoms with Gasteiger partial charge >= 0.3 is 0 Å². The SMILES string of the molecule is CCC(Oc1ccc(C)cc1C)C(=O)Nc1ccc(-n2[nH]c(=O)c(C=O)c2O)cc1. The molecule has 2 aromatic carbocycles. The zero-order valence-electron chi connectivity index (χ0n) is 16.9. The van der Waals surface area contributed by atoms with Crippen LogP contribution in [0, 0.1) is 13.8 Å². The molecule has 1 heterocycles. The van der Waals surface area contributed by atoms with Gasteiger partial charge in [-0.3, -0.25) is 19.5 Å². The molecule has 30 heavy (non-hydrogen) atoms. The fourth-order valence-electron chi connectivity index (χ4n) is 3.05. The molecule has 0 fully saturated rings. The summed E-state index contributed by atoms with van der Waals surface area (Å²) < 4.78 is 6.99.